The Bertz CT molecular complexity index is 1000. The largest absolute Gasteiger partial charge is 0.497 e. The number of nitrogens with one attached hydrogen (secondary N) is 1. The molecule has 0 spiro atoms. The molecule has 0 bridgehead atoms. The summed E-state index contributed by atoms with van der Waals surface area (Å²) in [5, 5.41) is 10.4. The van der Waals surface area contributed by atoms with E-state index in [1.807, 2.05) is 0 Å². The lowest BCUT2D eigenvalue weighted by atomic mass is 10.0. The Morgan fingerprint density at radius 2 is 1.70 bits per heavy atom. The number of nitrogens with zero attached hydrogens (tertiary/aromatic N) is 3. The standard InChI is InChI=1S/C21H22N4O5/c1-28-16-8-9-17(19(10-16)29-2)18(11-20(26)30-3)24-21(27)14-4-6-15(7-5-14)25-12-22-23-13-25/h4-10,12-13,18H,11H2,1-3H3,(H,24,27). The van der Waals surface area contributed by atoms with E-state index in [4.69, 9.17) is 14.2 Å². The molecule has 1 N–H and O–H groups in total. The van der Waals surface area contributed by atoms with Gasteiger partial charge in [0.15, 0.2) is 0 Å². The van der Waals surface area contributed by atoms with Gasteiger partial charge in [0, 0.05) is 22.9 Å². The third-order valence-electron chi connectivity index (χ3n) is 4.57. The van der Waals surface area contributed by atoms with Gasteiger partial charge < -0.3 is 19.5 Å². The molecule has 1 atom stereocenters. The molecule has 3 aromatic rings. The van der Waals surface area contributed by atoms with Crippen molar-refractivity contribution in [1.29, 1.82) is 0 Å². The average Bonchev–Trinajstić information content (AvgIpc) is 3.33. The predicted molar refractivity (Wildman–Crippen MR) is 108 cm³/mol. The minimum absolute atomic E-state index is 0.0519. The van der Waals surface area contributed by atoms with Crippen LogP contribution in [-0.2, 0) is 9.53 Å². The first-order valence-corrected chi connectivity index (χ1v) is 9.10. The second-order valence-corrected chi connectivity index (χ2v) is 6.33. The smallest absolute Gasteiger partial charge is 0.307 e. The van der Waals surface area contributed by atoms with Crippen molar-refractivity contribution < 1.29 is 23.8 Å². The van der Waals surface area contributed by atoms with Crippen LogP contribution in [0.4, 0.5) is 0 Å². The van der Waals surface area contributed by atoms with Crippen molar-refractivity contribution in [2.24, 2.45) is 0 Å². The Morgan fingerprint density at radius 1 is 1.00 bits per heavy atom. The first kappa shape index (κ1) is 20.8. The van der Waals surface area contributed by atoms with E-state index in [0.29, 0.717) is 22.6 Å². The number of esters is 1. The maximum atomic E-state index is 12.9. The van der Waals surface area contributed by atoms with E-state index in [-0.39, 0.29) is 12.3 Å². The Morgan fingerprint density at radius 3 is 2.30 bits per heavy atom. The maximum Gasteiger partial charge on any atom is 0.307 e. The number of ether oxygens (including phenoxy) is 3. The van der Waals surface area contributed by atoms with Crippen LogP contribution in [0, 0.1) is 0 Å². The Kier molecular flexibility index (Phi) is 6.63. The summed E-state index contributed by atoms with van der Waals surface area (Å²) in [6, 6.07) is 11.5. The topological polar surface area (TPSA) is 105 Å². The fraction of sp³-hybridized carbons (Fsp3) is 0.238. The van der Waals surface area contributed by atoms with Gasteiger partial charge in [-0.3, -0.25) is 14.2 Å². The van der Waals surface area contributed by atoms with Crippen LogP contribution in [0.15, 0.2) is 55.1 Å². The highest BCUT2D eigenvalue weighted by Crippen LogP contribution is 2.31. The van der Waals surface area contributed by atoms with Gasteiger partial charge in [0.05, 0.1) is 33.8 Å². The molecule has 0 radical (unpaired) electrons. The summed E-state index contributed by atoms with van der Waals surface area (Å²) in [6.07, 6.45) is 3.08. The molecule has 156 valence electrons. The molecule has 0 aliphatic rings. The zero-order chi connectivity index (χ0) is 21.5. The lowest BCUT2D eigenvalue weighted by molar-refractivity contribution is -0.141. The molecule has 0 aliphatic heterocycles. The molecule has 9 heteroatoms. The van der Waals surface area contributed by atoms with Crippen LogP contribution in [0.2, 0.25) is 0 Å². The highest BCUT2D eigenvalue weighted by molar-refractivity contribution is 5.95. The van der Waals surface area contributed by atoms with Crippen molar-refractivity contribution in [2.45, 2.75) is 12.5 Å². The SMILES string of the molecule is COC(=O)CC(NC(=O)c1ccc(-n2cnnc2)cc1)c1ccc(OC)cc1OC. The van der Waals surface area contributed by atoms with Crippen LogP contribution in [0.5, 0.6) is 11.5 Å². The summed E-state index contributed by atoms with van der Waals surface area (Å²) in [5.74, 6) is 0.299. The van der Waals surface area contributed by atoms with Crippen molar-refractivity contribution in [2.75, 3.05) is 21.3 Å². The van der Waals surface area contributed by atoms with Gasteiger partial charge in [-0.05, 0) is 36.4 Å². The van der Waals surface area contributed by atoms with Crippen molar-refractivity contribution in [3.05, 3.63) is 66.2 Å². The molecule has 1 unspecified atom stereocenters. The zero-order valence-corrected chi connectivity index (χ0v) is 16.9. The van der Waals surface area contributed by atoms with Crippen molar-refractivity contribution in [3.63, 3.8) is 0 Å². The fourth-order valence-electron chi connectivity index (χ4n) is 2.96. The predicted octanol–water partition coefficient (Wildman–Crippen LogP) is 2.32. The number of carbonyl (C=O) groups excluding carboxylic acids is 2. The number of amides is 1. The summed E-state index contributed by atoms with van der Waals surface area (Å²) in [6.45, 7) is 0. The van der Waals surface area contributed by atoms with Gasteiger partial charge in [-0.2, -0.15) is 0 Å². The van der Waals surface area contributed by atoms with Crippen LogP contribution in [0.1, 0.15) is 28.4 Å². The number of carbonyl (C=O) groups is 2. The molecule has 9 nitrogen and oxygen atoms in total. The van der Waals surface area contributed by atoms with E-state index < -0.39 is 12.0 Å². The number of rotatable bonds is 8. The molecule has 0 fully saturated rings. The number of benzene rings is 2. The van der Waals surface area contributed by atoms with E-state index >= 15 is 0 Å². The monoisotopic (exact) mass is 410 g/mol. The fourth-order valence-corrected chi connectivity index (χ4v) is 2.96. The van der Waals surface area contributed by atoms with E-state index in [9.17, 15) is 9.59 Å². The Hall–Kier alpha value is -3.88. The van der Waals surface area contributed by atoms with E-state index in [1.54, 1.807) is 66.8 Å². The molecule has 2 aromatic carbocycles. The summed E-state index contributed by atoms with van der Waals surface area (Å²) < 4.78 is 17.2. The van der Waals surface area contributed by atoms with E-state index in [2.05, 4.69) is 15.5 Å². The van der Waals surface area contributed by atoms with Gasteiger partial charge in [0.1, 0.15) is 24.2 Å². The highest BCUT2D eigenvalue weighted by atomic mass is 16.5. The third-order valence-corrected chi connectivity index (χ3v) is 4.57. The quantitative estimate of drug-likeness (QED) is 0.568. The van der Waals surface area contributed by atoms with Gasteiger partial charge in [0.25, 0.3) is 5.91 Å². The zero-order valence-electron chi connectivity index (χ0n) is 16.9. The molecule has 0 saturated heterocycles. The Balaban J connectivity index is 1.84. The lowest BCUT2D eigenvalue weighted by Gasteiger charge is -2.21. The first-order chi connectivity index (χ1) is 14.5. The van der Waals surface area contributed by atoms with Gasteiger partial charge in [-0.15, -0.1) is 10.2 Å². The molecule has 0 saturated carbocycles. The second kappa shape index (κ2) is 9.55. The summed E-state index contributed by atoms with van der Waals surface area (Å²) >= 11 is 0. The third kappa shape index (κ3) is 4.75. The molecule has 0 aliphatic carbocycles. The summed E-state index contributed by atoms with van der Waals surface area (Å²) in [4.78, 5) is 24.8. The van der Waals surface area contributed by atoms with Crippen molar-refractivity contribution in [3.8, 4) is 17.2 Å². The van der Waals surface area contributed by atoms with Gasteiger partial charge >= 0.3 is 5.97 Å². The molecule has 1 aromatic heterocycles. The molecular weight excluding hydrogens is 388 g/mol. The average molecular weight is 410 g/mol. The molecule has 1 amide bonds. The van der Waals surface area contributed by atoms with Crippen molar-refractivity contribution >= 4 is 11.9 Å². The number of methoxy groups -OCH3 is 3. The Labute approximate surface area is 173 Å². The van der Waals surface area contributed by atoms with Gasteiger partial charge in [0.2, 0.25) is 0 Å². The summed E-state index contributed by atoms with van der Waals surface area (Å²) in [5.41, 5.74) is 1.90. The van der Waals surface area contributed by atoms with Crippen LogP contribution in [0.25, 0.3) is 5.69 Å². The normalized spacial score (nSPS) is 11.4. The van der Waals surface area contributed by atoms with Crippen LogP contribution < -0.4 is 14.8 Å². The van der Waals surface area contributed by atoms with Crippen LogP contribution in [-0.4, -0.2) is 48.0 Å². The highest BCUT2D eigenvalue weighted by Gasteiger charge is 2.23. The number of hydrogen-bond donors (Lipinski definition) is 1. The van der Waals surface area contributed by atoms with Crippen LogP contribution >= 0.6 is 0 Å². The second-order valence-electron chi connectivity index (χ2n) is 6.33. The lowest BCUT2D eigenvalue weighted by Crippen LogP contribution is -2.30. The first-order valence-electron chi connectivity index (χ1n) is 9.10. The molecular formula is C21H22N4O5. The van der Waals surface area contributed by atoms with Crippen molar-refractivity contribution in [1.82, 2.24) is 20.1 Å². The van der Waals surface area contributed by atoms with E-state index in [0.717, 1.165) is 5.69 Å². The van der Waals surface area contributed by atoms with Gasteiger partial charge in [-0.25, -0.2) is 0 Å². The maximum absolute atomic E-state index is 12.9. The minimum atomic E-state index is -0.650. The summed E-state index contributed by atoms with van der Waals surface area (Å²) in [7, 11) is 4.36. The van der Waals surface area contributed by atoms with E-state index in [1.165, 1.54) is 14.2 Å². The molecule has 30 heavy (non-hydrogen) atoms. The minimum Gasteiger partial charge on any atom is -0.497 e. The van der Waals surface area contributed by atoms with Gasteiger partial charge in [-0.1, -0.05) is 0 Å². The van der Waals surface area contributed by atoms with Crippen LogP contribution in [0.3, 0.4) is 0 Å². The molecule has 3 rings (SSSR count). The molecule has 1 heterocycles. The number of hydrogen-bond acceptors (Lipinski definition) is 7. The number of aromatic nitrogens is 3.